The van der Waals surface area contributed by atoms with Gasteiger partial charge in [0.05, 0.1) is 10.1 Å². The van der Waals surface area contributed by atoms with Crippen molar-refractivity contribution in [2.45, 2.75) is 24.0 Å². The third kappa shape index (κ3) is 1.80. The summed E-state index contributed by atoms with van der Waals surface area (Å²) in [6.45, 7) is 3.13. The second-order valence-corrected chi connectivity index (χ2v) is 6.46. The lowest BCUT2D eigenvalue weighted by Crippen LogP contribution is -2.18. The lowest BCUT2D eigenvalue weighted by atomic mass is 10.4. The van der Waals surface area contributed by atoms with E-state index >= 15 is 0 Å². The SMILES string of the molecule is CC(C)S(=O)(=O)c1ccsc1C(N)=O. The van der Waals surface area contributed by atoms with Gasteiger partial charge in [-0.15, -0.1) is 11.3 Å². The first-order valence-corrected chi connectivity index (χ1v) is 6.41. The molecule has 1 aromatic heterocycles. The van der Waals surface area contributed by atoms with Gasteiger partial charge in [-0.2, -0.15) is 0 Å². The summed E-state index contributed by atoms with van der Waals surface area (Å²) >= 11 is 1.05. The molecule has 4 nitrogen and oxygen atoms in total. The van der Waals surface area contributed by atoms with Crippen molar-refractivity contribution in [2.75, 3.05) is 0 Å². The predicted molar refractivity (Wildman–Crippen MR) is 55.2 cm³/mol. The molecule has 0 bridgehead atoms. The van der Waals surface area contributed by atoms with Gasteiger partial charge in [-0.3, -0.25) is 4.79 Å². The molecule has 1 aromatic rings. The van der Waals surface area contributed by atoms with Gasteiger partial charge in [-0.1, -0.05) is 0 Å². The molecule has 0 aliphatic carbocycles. The smallest absolute Gasteiger partial charge is 0.260 e. The van der Waals surface area contributed by atoms with Crippen LogP contribution in [-0.2, 0) is 9.84 Å². The summed E-state index contributed by atoms with van der Waals surface area (Å²) in [4.78, 5) is 11.1. The Morgan fingerprint density at radius 3 is 2.50 bits per heavy atom. The highest BCUT2D eigenvalue weighted by atomic mass is 32.2. The lowest BCUT2D eigenvalue weighted by Gasteiger charge is -2.06. The standard InChI is InChI=1S/C8H11NO3S2/c1-5(2)14(11,12)6-3-4-13-7(6)8(9)10/h3-5H,1-2H3,(H2,9,10). The van der Waals surface area contributed by atoms with E-state index in [2.05, 4.69) is 0 Å². The average Bonchev–Trinajstić information content (AvgIpc) is 2.51. The van der Waals surface area contributed by atoms with E-state index < -0.39 is 21.0 Å². The van der Waals surface area contributed by atoms with Gasteiger partial charge >= 0.3 is 0 Å². The monoisotopic (exact) mass is 233 g/mol. The lowest BCUT2D eigenvalue weighted by molar-refractivity contribution is 0.100. The van der Waals surface area contributed by atoms with Crippen molar-refractivity contribution >= 4 is 27.1 Å². The van der Waals surface area contributed by atoms with Crippen molar-refractivity contribution in [2.24, 2.45) is 5.73 Å². The molecular formula is C8H11NO3S2. The normalized spacial score (nSPS) is 11.9. The zero-order valence-electron chi connectivity index (χ0n) is 7.85. The number of primary amides is 1. The van der Waals surface area contributed by atoms with E-state index in [9.17, 15) is 13.2 Å². The minimum atomic E-state index is -3.40. The highest BCUT2D eigenvalue weighted by molar-refractivity contribution is 7.92. The summed E-state index contributed by atoms with van der Waals surface area (Å²) in [6, 6.07) is 1.42. The molecule has 0 atom stereocenters. The van der Waals surface area contributed by atoms with E-state index in [-0.39, 0.29) is 9.77 Å². The minimum Gasteiger partial charge on any atom is -0.365 e. The number of amides is 1. The highest BCUT2D eigenvalue weighted by Gasteiger charge is 2.25. The molecule has 1 rings (SSSR count). The van der Waals surface area contributed by atoms with Gasteiger partial charge < -0.3 is 5.73 Å². The maximum Gasteiger partial charge on any atom is 0.260 e. The molecule has 2 N–H and O–H groups in total. The van der Waals surface area contributed by atoms with Crippen molar-refractivity contribution in [3.63, 3.8) is 0 Å². The van der Waals surface area contributed by atoms with Crippen LogP contribution in [0.5, 0.6) is 0 Å². The number of thiophene rings is 1. The third-order valence-electron chi connectivity index (χ3n) is 1.78. The van der Waals surface area contributed by atoms with E-state index in [1.807, 2.05) is 0 Å². The van der Waals surface area contributed by atoms with Gasteiger partial charge in [0, 0.05) is 0 Å². The van der Waals surface area contributed by atoms with Gasteiger partial charge in [-0.25, -0.2) is 8.42 Å². The average molecular weight is 233 g/mol. The Morgan fingerprint density at radius 1 is 1.50 bits per heavy atom. The number of nitrogens with two attached hydrogens (primary N) is 1. The number of carbonyl (C=O) groups excluding carboxylic acids is 1. The summed E-state index contributed by atoms with van der Waals surface area (Å²) in [5.74, 6) is -0.695. The first-order chi connectivity index (χ1) is 6.37. The first kappa shape index (κ1) is 11.2. The number of carbonyl (C=O) groups is 1. The van der Waals surface area contributed by atoms with Gasteiger partial charge in [0.15, 0.2) is 9.84 Å². The van der Waals surface area contributed by atoms with E-state index in [1.54, 1.807) is 19.2 Å². The third-order valence-corrected chi connectivity index (χ3v) is 5.03. The molecule has 1 amide bonds. The largest absolute Gasteiger partial charge is 0.365 e. The van der Waals surface area contributed by atoms with Crippen LogP contribution in [0.2, 0.25) is 0 Å². The van der Waals surface area contributed by atoms with Gasteiger partial charge in [0.1, 0.15) is 4.88 Å². The summed E-state index contributed by atoms with van der Waals surface area (Å²) in [5.41, 5.74) is 5.06. The molecule has 1 heterocycles. The second kappa shape index (κ2) is 3.70. The molecule has 0 saturated carbocycles. The highest BCUT2D eigenvalue weighted by Crippen LogP contribution is 2.24. The molecule has 0 aromatic carbocycles. The second-order valence-electron chi connectivity index (χ2n) is 3.07. The van der Waals surface area contributed by atoms with E-state index in [0.29, 0.717) is 0 Å². The Balaban J connectivity index is 3.34. The molecule has 6 heteroatoms. The molecule has 0 spiro atoms. The Hall–Kier alpha value is -0.880. The van der Waals surface area contributed by atoms with Crippen molar-refractivity contribution in [3.05, 3.63) is 16.3 Å². The summed E-state index contributed by atoms with van der Waals surface area (Å²) < 4.78 is 23.4. The molecule has 0 saturated heterocycles. The predicted octanol–water partition coefficient (Wildman–Crippen LogP) is 1.03. The van der Waals surface area contributed by atoms with Crippen LogP contribution in [0.15, 0.2) is 16.3 Å². The summed E-state index contributed by atoms with van der Waals surface area (Å²) in [7, 11) is -3.40. The summed E-state index contributed by atoms with van der Waals surface area (Å²) in [5, 5.41) is 1.00. The van der Waals surface area contributed by atoms with Crippen molar-refractivity contribution in [1.29, 1.82) is 0 Å². The molecular weight excluding hydrogens is 222 g/mol. The molecule has 0 aliphatic heterocycles. The van der Waals surface area contributed by atoms with Crippen LogP contribution in [0.25, 0.3) is 0 Å². The van der Waals surface area contributed by atoms with Crippen LogP contribution in [0.1, 0.15) is 23.5 Å². The Morgan fingerprint density at radius 2 is 2.07 bits per heavy atom. The van der Waals surface area contributed by atoms with Crippen molar-refractivity contribution in [1.82, 2.24) is 0 Å². The van der Waals surface area contributed by atoms with Gasteiger partial charge in [0.2, 0.25) is 0 Å². The summed E-state index contributed by atoms with van der Waals surface area (Å²) in [6.07, 6.45) is 0. The molecule has 0 radical (unpaired) electrons. The van der Waals surface area contributed by atoms with Crippen molar-refractivity contribution < 1.29 is 13.2 Å². The van der Waals surface area contributed by atoms with E-state index in [4.69, 9.17) is 5.73 Å². The maximum absolute atomic E-state index is 11.7. The molecule has 0 unspecified atom stereocenters. The minimum absolute atomic E-state index is 0.0463. The zero-order chi connectivity index (χ0) is 10.9. The van der Waals surface area contributed by atoms with Gasteiger partial charge in [-0.05, 0) is 25.3 Å². The van der Waals surface area contributed by atoms with E-state index in [0.717, 1.165) is 11.3 Å². The molecule has 14 heavy (non-hydrogen) atoms. The fourth-order valence-electron chi connectivity index (χ4n) is 0.955. The fourth-order valence-corrected chi connectivity index (χ4v) is 3.30. The number of rotatable bonds is 3. The Bertz CT molecular complexity index is 445. The molecule has 0 aliphatic rings. The zero-order valence-corrected chi connectivity index (χ0v) is 9.48. The van der Waals surface area contributed by atoms with Crippen molar-refractivity contribution in [3.8, 4) is 0 Å². The van der Waals surface area contributed by atoms with Crippen LogP contribution in [0, 0.1) is 0 Å². The maximum atomic E-state index is 11.7. The number of hydrogen-bond acceptors (Lipinski definition) is 4. The van der Waals surface area contributed by atoms with Crippen LogP contribution >= 0.6 is 11.3 Å². The fraction of sp³-hybridized carbons (Fsp3) is 0.375. The Labute approximate surface area is 86.7 Å². The van der Waals surface area contributed by atoms with Crippen LogP contribution in [0.4, 0.5) is 0 Å². The number of hydrogen-bond donors (Lipinski definition) is 1. The van der Waals surface area contributed by atoms with Crippen LogP contribution in [-0.4, -0.2) is 19.6 Å². The number of sulfone groups is 1. The van der Waals surface area contributed by atoms with E-state index in [1.165, 1.54) is 6.07 Å². The topological polar surface area (TPSA) is 77.2 Å². The van der Waals surface area contributed by atoms with Crippen LogP contribution < -0.4 is 5.73 Å². The first-order valence-electron chi connectivity index (χ1n) is 3.98. The van der Waals surface area contributed by atoms with Crippen LogP contribution in [0.3, 0.4) is 0 Å². The van der Waals surface area contributed by atoms with Gasteiger partial charge in [0.25, 0.3) is 5.91 Å². The Kier molecular flexibility index (Phi) is 2.96. The quantitative estimate of drug-likeness (QED) is 0.847. The molecule has 78 valence electrons. The molecule has 0 fully saturated rings.